The SMILES string of the molecule is O=C(c1cc2cccc(F)c2o1)C1CCNC1. The first-order valence-electron chi connectivity index (χ1n) is 5.69. The third-order valence-corrected chi connectivity index (χ3v) is 3.17. The minimum atomic E-state index is -0.425. The van der Waals surface area contributed by atoms with Crippen LogP contribution in [0, 0.1) is 11.7 Å². The first-order chi connectivity index (χ1) is 8.25. The maximum atomic E-state index is 13.4. The van der Waals surface area contributed by atoms with E-state index >= 15 is 0 Å². The summed E-state index contributed by atoms with van der Waals surface area (Å²) in [6.07, 6.45) is 0.818. The van der Waals surface area contributed by atoms with E-state index < -0.39 is 5.82 Å². The molecule has 1 fully saturated rings. The molecule has 1 unspecified atom stereocenters. The number of fused-ring (bicyclic) bond motifs is 1. The number of para-hydroxylation sites is 1. The molecule has 1 saturated heterocycles. The third-order valence-electron chi connectivity index (χ3n) is 3.17. The van der Waals surface area contributed by atoms with Crippen LogP contribution in [-0.4, -0.2) is 18.9 Å². The van der Waals surface area contributed by atoms with E-state index in [4.69, 9.17) is 4.42 Å². The van der Waals surface area contributed by atoms with Crippen LogP contribution in [0.4, 0.5) is 4.39 Å². The number of hydrogen-bond acceptors (Lipinski definition) is 3. The summed E-state index contributed by atoms with van der Waals surface area (Å²) in [7, 11) is 0. The van der Waals surface area contributed by atoms with Crippen molar-refractivity contribution in [3.05, 3.63) is 35.8 Å². The number of carbonyl (C=O) groups is 1. The zero-order valence-corrected chi connectivity index (χ0v) is 9.20. The molecule has 1 aliphatic rings. The van der Waals surface area contributed by atoms with Crippen LogP contribution in [0.2, 0.25) is 0 Å². The topological polar surface area (TPSA) is 42.2 Å². The Morgan fingerprint density at radius 1 is 1.47 bits per heavy atom. The van der Waals surface area contributed by atoms with Crippen LogP contribution in [-0.2, 0) is 0 Å². The minimum absolute atomic E-state index is 0.0365. The van der Waals surface area contributed by atoms with Gasteiger partial charge in [0.2, 0.25) is 5.78 Å². The van der Waals surface area contributed by atoms with Gasteiger partial charge in [0, 0.05) is 17.8 Å². The van der Waals surface area contributed by atoms with Gasteiger partial charge in [-0.05, 0) is 25.1 Å². The van der Waals surface area contributed by atoms with Crippen LogP contribution in [0.1, 0.15) is 17.0 Å². The fourth-order valence-electron chi connectivity index (χ4n) is 2.23. The molecule has 88 valence electrons. The van der Waals surface area contributed by atoms with Gasteiger partial charge in [0.05, 0.1) is 0 Å². The van der Waals surface area contributed by atoms with Crippen molar-refractivity contribution < 1.29 is 13.6 Å². The van der Waals surface area contributed by atoms with Gasteiger partial charge in [0.1, 0.15) is 0 Å². The van der Waals surface area contributed by atoms with Crippen LogP contribution in [0.3, 0.4) is 0 Å². The molecule has 0 radical (unpaired) electrons. The molecule has 0 aliphatic carbocycles. The van der Waals surface area contributed by atoms with Gasteiger partial charge in [-0.15, -0.1) is 0 Å². The summed E-state index contributed by atoms with van der Waals surface area (Å²) in [5.41, 5.74) is 0.168. The number of hydrogen-bond donors (Lipinski definition) is 1. The zero-order valence-electron chi connectivity index (χ0n) is 9.20. The molecule has 1 atom stereocenters. The highest BCUT2D eigenvalue weighted by molar-refractivity contribution is 5.99. The van der Waals surface area contributed by atoms with Crippen molar-refractivity contribution in [2.45, 2.75) is 6.42 Å². The second-order valence-corrected chi connectivity index (χ2v) is 4.32. The van der Waals surface area contributed by atoms with Crippen LogP contribution >= 0.6 is 0 Å². The quantitative estimate of drug-likeness (QED) is 0.810. The second-order valence-electron chi connectivity index (χ2n) is 4.32. The van der Waals surface area contributed by atoms with Gasteiger partial charge < -0.3 is 9.73 Å². The van der Waals surface area contributed by atoms with E-state index in [0.717, 1.165) is 13.0 Å². The number of carbonyl (C=O) groups excluding carboxylic acids is 1. The van der Waals surface area contributed by atoms with E-state index in [1.807, 2.05) is 0 Å². The summed E-state index contributed by atoms with van der Waals surface area (Å²) in [5, 5.41) is 3.77. The van der Waals surface area contributed by atoms with Crippen LogP contribution in [0.25, 0.3) is 11.0 Å². The smallest absolute Gasteiger partial charge is 0.202 e. The largest absolute Gasteiger partial charge is 0.450 e. The van der Waals surface area contributed by atoms with Crippen molar-refractivity contribution >= 4 is 16.8 Å². The molecule has 0 spiro atoms. The van der Waals surface area contributed by atoms with Gasteiger partial charge in [0.25, 0.3) is 0 Å². The minimum Gasteiger partial charge on any atom is -0.450 e. The van der Waals surface area contributed by atoms with Crippen molar-refractivity contribution in [2.75, 3.05) is 13.1 Å². The van der Waals surface area contributed by atoms with E-state index in [0.29, 0.717) is 11.9 Å². The van der Waals surface area contributed by atoms with Crippen molar-refractivity contribution in [1.82, 2.24) is 5.32 Å². The summed E-state index contributed by atoms with van der Waals surface area (Å²) < 4.78 is 18.7. The molecule has 4 heteroatoms. The zero-order chi connectivity index (χ0) is 11.8. The van der Waals surface area contributed by atoms with Crippen LogP contribution in [0.5, 0.6) is 0 Å². The third kappa shape index (κ3) is 1.74. The number of nitrogens with one attached hydrogen (secondary N) is 1. The van der Waals surface area contributed by atoms with Crippen molar-refractivity contribution in [3.63, 3.8) is 0 Å². The second kappa shape index (κ2) is 3.96. The number of halogens is 1. The molecule has 1 aromatic carbocycles. The van der Waals surface area contributed by atoms with E-state index in [1.165, 1.54) is 6.07 Å². The molecule has 1 N–H and O–H groups in total. The van der Waals surface area contributed by atoms with Gasteiger partial charge in [-0.2, -0.15) is 0 Å². The predicted octanol–water partition coefficient (Wildman–Crippen LogP) is 2.36. The van der Waals surface area contributed by atoms with Gasteiger partial charge in [-0.1, -0.05) is 12.1 Å². The molecule has 3 nitrogen and oxygen atoms in total. The first-order valence-corrected chi connectivity index (χ1v) is 5.69. The standard InChI is InChI=1S/C13H12FNO2/c14-10-3-1-2-8-6-11(17-13(8)10)12(16)9-4-5-15-7-9/h1-3,6,9,15H,4-5,7H2. The van der Waals surface area contributed by atoms with Gasteiger partial charge >= 0.3 is 0 Å². The number of ketones is 1. The van der Waals surface area contributed by atoms with Crippen molar-refractivity contribution in [1.29, 1.82) is 0 Å². The van der Waals surface area contributed by atoms with Gasteiger partial charge in [0.15, 0.2) is 17.2 Å². The Labute approximate surface area is 97.6 Å². The highest BCUT2D eigenvalue weighted by Crippen LogP contribution is 2.25. The number of Topliss-reactive ketones (excluding diaryl/α,β-unsaturated/α-hetero) is 1. The van der Waals surface area contributed by atoms with E-state index in [-0.39, 0.29) is 23.0 Å². The number of rotatable bonds is 2. The average molecular weight is 233 g/mol. The number of furan rings is 1. The fourth-order valence-corrected chi connectivity index (χ4v) is 2.23. The lowest BCUT2D eigenvalue weighted by molar-refractivity contribution is 0.0904. The Kier molecular flexibility index (Phi) is 2.44. The fraction of sp³-hybridized carbons (Fsp3) is 0.308. The number of benzene rings is 1. The molecule has 2 aromatic rings. The van der Waals surface area contributed by atoms with E-state index in [2.05, 4.69) is 5.32 Å². The van der Waals surface area contributed by atoms with Crippen molar-refractivity contribution in [2.24, 2.45) is 5.92 Å². The molecular formula is C13H12FNO2. The predicted molar refractivity (Wildman–Crippen MR) is 61.5 cm³/mol. The molecule has 17 heavy (non-hydrogen) atoms. The van der Waals surface area contributed by atoms with Gasteiger partial charge in [-0.25, -0.2) is 4.39 Å². The first kappa shape index (κ1) is 10.5. The Morgan fingerprint density at radius 2 is 2.35 bits per heavy atom. The molecule has 0 bridgehead atoms. The monoisotopic (exact) mass is 233 g/mol. The molecule has 0 amide bonds. The van der Waals surface area contributed by atoms with E-state index in [9.17, 15) is 9.18 Å². The summed E-state index contributed by atoms with van der Waals surface area (Å²) in [5.74, 6) is -0.242. The maximum absolute atomic E-state index is 13.4. The summed E-state index contributed by atoms with van der Waals surface area (Å²) in [6, 6.07) is 6.31. The highest BCUT2D eigenvalue weighted by atomic mass is 19.1. The normalized spacial score (nSPS) is 19.9. The molecule has 0 saturated carbocycles. The Morgan fingerprint density at radius 3 is 3.06 bits per heavy atom. The lowest BCUT2D eigenvalue weighted by Gasteiger charge is -2.02. The maximum Gasteiger partial charge on any atom is 0.202 e. The van der Waals surface area contributed by atoms with Crippen molar-refractivity contribution in [3.8, 4) is 0 Å². The Bertz CT molecular complexity index is 570. The molecule has 1 aliphatic heterocycles. The van der Waals surface area contributed by atoms with Gasteiger partial charge in [-0.3, -0.25) is 4.79 Å². The summed E-state index contributed by atoms with van der Waals surface area (Å²) in [4.78, 5) is 12.1. The molecule has 1 aromatic heterocycles. The van der Waals surface area contributed by atoms with Crippen LogP contribution < -0.4 is 5.32 Å². The molecule has 2 heterocycles. The molecule has 3 rings (SSSR count). The molecular weight excluding hydrogens is 221 g/mol. The highest BCUT2D eigenvalue weighted by Gasteiger charge is 2.26. The summed E-state index contributed by atoms with van der Waals surface area (Å²) >= 11 is 0. The van der Waals surface area contributed by atoms with Crippen LogP contribution in [0.15, 0.2) is 28.7 Å². The lowest BCUT2D eigenvalue weighted by atomic mass is 10.0. The Balaban J connectivity index is 2.00. The lowest BCUT2D eigenvalue weighted by Crippen LogP contribution is -2.17. The van der Waals surface area contributed by atoms with E-state index in [1.54, 1.807) is 18.2 Å². The summed E-state index contributed by atoms with van der Waals surface area (Å²) in [6.45, 7) is 1.53. The Hall–Kier alpha value is -1.68. The average Bonchev–Trinajstić information content (AvgIpc) is 2.98.